The first kappa shape index (κ1) is 13.1. The predicted molar refractivity (Wildman–Crippen MR) is 58.7 cm³/mol. The fraction of sp³-hybridized carbons (Fsp3) is 0.222. The summed E-state index contributed by atoms with van der Waals surface area (Å²) in [7, 11) is -3.87. The molecule has 8 heteroatoms. The van der Waals surface area contributed by atoms with E-state index in [-0.39, 0.29) is 16.9 Å². The van der Waals surface area contributed by atoms with E-state index in [9.17, 15) is 23.3 Å². The van der Waals surface area contributed by atoms with Gasteiger partial charge in [0.1, 0.15) is 6.29 Å². The maximum Gasteiger partial charge on any atom is 0.313 e. The second-order valence-corrected chi connectivity index (χ2v) is 4.92. The van der Waals surface area contributed by atoms with Crippen LogP contribution in [0.2, 0.25) is 0 Å². The lowest BCUT2D eigenvalue weighted by Crippen LogP contribution is -2.09. The minimum atomic E-state index is -3.87. The molecular weight excluding hydrogens is 250 g/mol. The van der Waals surface area contributed by atoms with E-state index in [1.54, 1.807) is 0 Å². The Labute approximate surface area is 97.3 Å². The first-order chi connectivity index (χ1) is 7.74. The SMILES string of the molecule is Cc1cc(C=O)cc([N+](=O)[O-])c1OS(C)(=O)=O. The zero-order valence-corrected chi connectivity index (χ0v) is 9.85. The molecular formula is C9H9NO6S. The van der Waals surface area contributed by atoms with Crippen LogP contribution in [-0.4, -0.2) is 25.9 Å². The Morgan fingerprint density at radius 1 is 1.41 bits per heavy atom. The van der Waals surface area contributed by atoms with Gasteiger partial charge in [-0.05, 0) is 13.0 Å². The van der Waals surface area contributed by atoms with Gasteiger partial charge in [-0.25, -0.2) is 0 Å². The van der Waals surface area contributed by atoms with Crippen molar-refractivity contribution in [3.05, 3.63) is 33.4 Å². The Bertz CT molecular complexity index is 577. The highest BCUT2D eigenvalue weighted by atomic mass is 32.2. The summed E-state index contributed by atoms with van der Waals surface area (Å²) in [6.07, 6.45) is 1.22. The van der Waals surface area contributed by atoms with Crippen LogP contribution in [0.5, 0.6) is 5.75 Å². The lowest BCUT2D eigenvalue weighted by atomic mass is 10.1. The molecule has 92 valence electrons. The monoisotopic (exact) mass is 259 g/mol. The lowest BCUT2D eigenvalue weighted by molar-refractivity contribution is -0.385. The van der Waals surface area contributed by atoms with Gasteiger partial charge in [0.2, 0.25) is 5.75 Å². The third-order valence-corrected chi connectivity index (χ3v) is 2.31. The Hall–Kier alpha value is -1.96. The topological polar surface area (TPSA) is 104 Å². The molecule has 0 saturated heterocycles. The normalized spacial score (nSPS) is 10.9. The van der Waals surface area contributed by atoms with Crippen molar-refractivity contribution >= 4 is 22.1 Å². The van der Waals surface area contributed by atoms with Gasteiger partial charge in [0.15, 0.2) is 0 Å². The Kier molecular flexibility index (Phi) is 3.47. The van der Waals surface area contributed by atoms with Crippen molar-refractivity contribution in [2.45, 2.75) is 6.92 Å². The van der Waals surface area contributed by atoms with Gasteiger partial charge in [0.25, 0.3) is 0 Å². The van der Waals surface area contributed by atoms with Crippen LogP contribution < -0.4 is 4.18 Å². The van der Waals surface area contributed by atoms with Gasteiger partial charge < -0.3 is 4.18 Å². The molecule has 0 aromatic heterocycles. The van der Waals surface area contributed by atoms with E-state index in [2.05, 4.69) is 4.18 Å². The zero-order chi connectivity index (χ0) is 13.2. The minimum absolute atomic E-state index is 0.0788. The quantitative estimate of drug-likeness (QED) is 0.346. The van der Waals surface area contributed by atoms with Crippen molar-refractivity contribution in [3.63, 3.8) is 0 Å². The molecule has 0 unspecified atom stereocenters. The highest BCUT2D eigenvalue weighted by molar-refractivity contribution is 7.86. The number of aldehydes is 1. The smallest absolute Gasteiger partial charge is 0.313 e. The molecule has 0 N–H and O–H groups in total. The molecule has 0 saturated carbocycles. The second-order valence-electron chi connectivity index (χ2n) is 3.35. The summed E-state index contributed by atoms with van der Waals surface area (Å²) in [6.45, 7) is 1.42. The van der Waals surface area contributed by atoms with E-state index in [1.807, 2.05) is 0 Å². The van der Waals surface area contributed by atoms with Crippen LogP contribution >= 0.6 is 0 Å². The summed E-state index contributed by atoms with van der Waals surface area (Å²) < 4.78 is 26.5. The number of aryl methyl sites for hydroxylation is 1. The molecule has 0 amide bonds. The molecule has 1 aromatic rings. The van der Waals surface area contributed by atoms with Crippen LogP contribution in [0.4, 0.5) is 5.69 Å². The van der Waals surface area contributed by atoms with Gasteiger partial charge in [-0.1, -0.05) is 0 Å². The van der Waals surface area contributed by atoms with Crippen molar-refractivity contribution < 1.29 is 22.3 Å². The van der Waals surface area contributed by atoms with Crippen molar-refractivity contribution in [1.82, 2.24) is 0 Å². The second kappa shape index (κ2) is 4.50. The molecule has 0 radical (unpaired) electrons. The number of hydrogen-bond acceptors (Lipinski definition) is 6. The third kappa shape index (κ3) is 3.25. The zero-order valence-electron chi connectivity index (χ0n) is 9.04. The van der Waals surface area contributed by atoms with Gasteiger partial charge >= 0.3 is 15.8 Å². The molecule has 7 nitrogen and oxygen atoms in total. The minimum Gasteiger partial charge on any atom is -0.375 e. The van der Waals surface area contributed by atoms with Gasteiger partial charge in [-0.15, -0.1) is 0 Å². The fourth-order valence-corrected chi connectivity index (χ4v) is 1.77. The third-order valence-electron chi connectivity index (χ3n) is 1.84. The van der Waals surface area contributed by atoms with Crippen LogP contribution in [0.3, 0.4) is 0 Å². The molecule has 0 fully saturated rings. The number of carbonyl (C=O) groups excluding carboxylic acids is 1. The molecule has 1 rings (SSSR count). The number of benzene rings is 1. The summed E-state index contributed by atoms with van der Waals surface area (Å²) in [6, 6.07) is 2.26. The number of rotatable bonds is 4. The van der Waals surface area contributed by atoms with Crippen LogP contribution in [0.25, 0.3) is 0 Å². The van der Waals surface area contributed by atoms with Crippen molar-refractivity contribution in [2.75, 3.05) is 6.26 Å². The number of hydrogen-bond donors (Lipinski definition) is 0. The van der Waals surface area contributed by atoms with E-state index < -0.39 is 20.7 Å². The predicted octanol–water partition coefficient (Wildman–Crippen LogP) is 1.05. The molecule has 0 aliphatic carbocycles. The summed E-state index contributed by atoms with van der Waals surface area (Å²) in [5.41, 5.74) is -0.278. The van der Waals surface area contributed by atoms with E-state index >= 15 is 0 Å². The van der Waals surface area contributed by atoms with Crippen molar-refractivity contribution in [3.8, 4) is 5.75 Å². The highest BCUT2D eigenvalue weighted by Crippen LogP contribution is 2.32. The number of carbonyl (C=O) groups is 1. The maximum atomic E-state index is 11.0. The number of nitro benzene ring substituents is 1. The summed E-state index contributed by atoms with van der Waals surface area (Å²) in [5.74, 6) is -0.372. The number of nitrogens with zero attached hydrogens (tertiary/aromatic N) is 1. The molecule has 17 heavy (non-hydrogen) atoms. The fourth-order valence-electron chi connectivity index (χ4n) is 1.25. The summed E-state index contributed by atoms with van der Waals surface area (Å²) >= 11 is 0. The van der Waals surface area contributed by atoms with E-state index in [4.69, 9.17) is 0 Å². The van der Waals surface area contributed by atoms with Crippen LogP contribution in [-0.2, 0) is 10.1 Å². The Morgan fingerprint density at radius 3 is 2.41 bits per heavy atom. The van der Waals surface area contributed by atoms with Crippen LogP contribution in [0, 0.1) is 17.0 Å². The van der Waals surface area contributed by atoms with E-state index in [0.717, 1.165) is 12.3 Å². The van der Waals surface area contributed by atoms with E-state index in [0.29, 0.717) is 6.29 Å². The molecule has 0 aliphatic heterocycles. The highest BCUT2D eigenvalue weighted by Gasteiger charge is 2.22. The first-order valence-electron chi connectivity index (χ1n) is 4.38. The van der Waals surface area contributed by atoms with E-state index in [1.165, 1.54) is 13.0 Å². The number of nitro groups is 1. The molecule has 0 atom stereocenters. The standard InChI is InChI=1S/C9H9NO6S/c1-6-3-7(5-11)4-8(10(12)13)9(6)16-17(2,14)15/h3-5H,1-2H3. The average molecular weight is 259 g/mol. The maximum absolute atomic E-state index is 11.0. The Balaban J connectivity index is 3.47. The summed E-state index contributed by atoms with van der Waals surface area (Å²) in [5, 5.41) is 10.7. The van der Waals surface area contributed by atoms with Gasteiger partial charge in [-0.2, -0.15) is 8.42 Å². The first-order valence-corrected chi connectivity index (χ1v) is 6.20. The van der Waals surface area contributed by atoms with Gasteiger partial charge in [0.05, 0.1) is 11.2 Å². The molecule has 0 bridgehead atoms. The molecule has 0 spiro atoms. The Morgan fingerprint density at radius 2 is 2.00 bits per heavy atom. The average Bonchev–Trinajstić information content (AvgIpc) is 2.18. The van der Waals surface area contributed by atoms with Crippen molar-refractivity contribution in [1.29, 1.82) is 0 Å². The molecule has 1 aromatic carbocycles. The molecule has 0 aliphatic rings. The summed E-state index contributed by atoms with van der Waals surface area (Å²) in [4.78, 5) is 20.5. The molecule has 0 heterocycles. The van der Waals surface area contributed by atoms with Crippen molar-refractivity contribution in [2.24, 2.45) is 0 Å². The van der Waals surface area contributed by atoms with Gasteiger partial charge in [0, 0.05) is 17.2 Å². The van der Waals surface area contributed by atoms with Crippen LogP contribution in [0.1, 0.15) is 15.9 Å². The van der Waals surface area contributed by atoms with Crippen LogP contribution in [0.15, 0.2) is 12.1 Å². The lowest BCUT2D eigenvalue weighted by Gasteiger charge is -2.07. The largest absolute Gasteiger partial charge is 0.375 e. The van der Waals surface area contributed by atoms with Gasteiger partial charge in [-0.3, -0.25) is 14.9 Å².